The second-order valence-corrected chi connectivity index (χ2v) is 6.53. The number of aryl methyl sites for hydroxylation is 1. The van der Waals surface area contributed by atoms with Crippen LogP contribution in [0.15, 0.2) is 18.2 Å². The molecule has 1 N–H and O–H groups in total. The van der Waals surface area contributed by atoms with Crippen molar-refractivity contribution in [1.29, 1.82) is 0 Å². The molecule has 3 rings (SSSR count). The quantitative estimate of drug-likeness (QED) is 0.838. The number of halogens is 1. The average Bonchev–Trinajstić information content (AvgIpc) is 3.08. The molecule has 0 aromatic heterocycles. The third kappa shape index (κ3) is 2.36. The smallest absolute Gasteiger partial charge is 0.0410 e. The summed E-state index contributed by atoms with van der Waals surface area (Å²) in [4.78, 5) is 2.54. The van der Waals surface area contributed by atoms with Gasteiger partial charge in [-0.2, -0.15) is 0 Å². The molecule has 2 fully saturated rings. The summed E-state index contributed by atoms with van der Waals surface area (Å²) in [6, 6.07) is 6.80. The molecule has 1 saturated heterocycles. The van der Waals surface area contributed by atoms with Crippen molar-refractivity contribution in [3.05, 3.63) is 28.8 Å². The molecule has 1 atom stereocenters. The number of rotatable bonds is 1. The maximum Gasteiger partial charge on any atom is 0.0410 e. The highest BCUT2D eigenvalue weighted by atomic mass is 35.5. The molecule has 0 bridgehead atoms. The SMILES string of the molecule is Cc1cc(Cl)ccc1N1CC(C)NCC2(CC2)C1. The van der Waals surface area contributed by atoms with Gasteiger partial charge in [0.1, 0.15) is 0 Å². The molecule has 98 valence electrons. The van der Waals surface area contributed by atoms with Crippen LogP contribution in [0.4, 0.5) is 5.69 Å². The van der Waals surface area contributed by atoms with Crippen molar-refractivity contribution < 1.29 is 0 Å². The van der Waals surface area contributed by atoms with Crippen molar-refractivity contribution in [2.45, 2.75) is 32.7 Å². The van der Waals surface area contributed by atoms with E-state index in [1.165, 1.54) is 37.2 Å². The van der Waals surface area contributed by atoms with E-state index in [0.717, 1.165) is 11.6 Å². The minimum absolute atomic E-state index is 0.539. The van der Waals surface area contributed by atoms with Gasteiger partial charge >= 0.3 is 0 Å². The highest BCUT2D eigenvalue weighted by Crippen LogP contribution is 2.47. The first-order valence-electron chi connectivity index (χ1n) is 6.83. The van der Waals surface area contributed by atoms with Gasteiger partial charge in [-0.3, -0.25) is 0 Å². The van der Waals surface area contributed by atoms with Crippen molar-refractivity contribution in [3.63, 3.8) is 0 Å². The fourth-order valence-electron chi connectivity index (χ4n) is 2.98. The monoisotopic (exact) mass is 264 g/mol. The highest BCUT2D eigenvalue weighted by molar-refractivity contribution is 6.30. The van der Waals surface area contributed by atoms with Gasteiger partial charge in [-0.25, -0.2) is 0 Å². The highest BCUT2D eigenvalue weighted by Gasteiger charge is 2.45. The fourth-order valence-corrected chi connectivity index (χ4v) is 3.21. The average molecular weight is 265 g/mol. The molecule has 1 heterocycles. The van der Waals surface area contributed by atoms with E-state index in [-0.39, 0.29) is 0 Å². The second kappa shape index (κ2) is 4.43. The topological polar surface area (TPSA) is 15.3 Å². The Bertz CT molecular complexity index is 454. The first-order valence-corrected chi connectivity index (χ1v) is 7.20. The Morgan fingerprint density at radius 1 is 1.39 bits per heavy atom. The first-order chi connectivity index (χ1) is 8.58. The zero-order valence-electron chi connectivity index (χ0n) is 11.2. The molecule has 1 unspecified atom stereocenters. The van der Waals surface area contributed by atoms with Gasteiger partial charge < -0.3 is 10.2 Å². The fraction of sp³-hybridized carbons (Fsp3) is 0.600. The van der Waals surface area contributed by atoms with Crippen LogP contribution in [0.1, 0.15) is 25.3 Å². The molecule has 0 radical (unpaired) electrons. The van der Waals surface area contributed by atoms with Gasteiger partial charge in [0.2, 0.25) is 0 Å². The molecule has 0 amide bonds. The zero-order valence-corrected chi connectivity index (χ0v) is 11.9. The van der Waals surface area contributed by atoms with Gasteiger partial charge in [0.15, 0.2) is 0 Å². The minimum atomic E-state index is 0.539. The molecule has 1 aromatic carbocycles. The van der Waals surface area contributed by atoms with Gasteiger partial charge in [0, 0.05) is 41.8 Å². The molecule has 1 saturated carbocycles. The van der Waals surface area contributed by atoms with Crippen molar-refractivity contribution in [1.82, 2.24) is 5.32 Å². The van der Waals surface area contributed by atoms with Crippen LogP contribution in [0, 0.1) is 12.3 Å². The van der Waals surface area contributed by atoms with E-state index in [1.54, 1.807) is 0 Å². The van der Waals surface area contributed by atoms with Crippen LogP contribution in [-0.2, 0) is 0 Å². The predicted molar refractivity (Wildman–Crippen MR) is 77.5 cm³/mol. The van der Waals surface area contributed by atoms with E-state index in [9.17, 15) is 0 Å². The molecule has 1 aliphatic carbocycles. The van der Waals surface area contributed by atoms with Crippen molar-refractivity contribution in [2.75, 3.05) is 24.5 Å². The van der Waals surface area contributed by atoms with Crippen LogP contribution in [0.3, 0.4) is 0 Å². The number of hydrogen-bond acceptors (Lipinski definition) is 2. The Morgan fingerprint density at radius 3 is 2.83 bits per heavy atom. The summed E-state index contributed by atoms with van der Waals surface area (Å²) >= 11 is 6.05. The Kier molecular flexibility index (Phi) is 3.03. The van der Waals surface area contributed by atoms with Gasteiger partial charge in [0.05, 0.1) is 0 Å². The maximum absolute atomic E-state index is 6.05. The number of nitrogens with one attached hydrogen (secondary N) is 1. The standard InChI is InChI=1S/C15H21ClN2/c1-11-7-13(16)3-4-14(11)18-8-12(2)17-9-15(10-18)5-6-15/h3-4,7,12,17H,5-6,8-10H2,1-2H3. The van der Waals surface area contributed by atoms with Crippen LogP contribution in [-0.4, -0.2) is 25.7 Å². The molecular weight excluding hydrogens is 244 g/mol. The zero-order chi connectivity index (χ0) is 12.8. The van der Waals surface area contributed by atoms with Crippen LogP contribution in [0.2, 0.25) is 5.02 Å². The van der Waals surface area contributed by atoms with Crippen molar-refractivity contribution in [2.24, 2.45) is 5.41 Å². The summed E-state index contributed by atoms with van der Waals surface area (Å²) < 4.78 is 0. The van der Waals surface area contributed by atoms with E-state index < -0.39 is 0 Å². The first kappa shape index (κ1) is 12.3. The summed E-state index contributed by atoms with van der Waals surface area (Å²) in [7, 11) is 0. The van der Waals surface area contributed by atoms with Crippen LogP contribution >= 0.6 is 11.6 Å². The lowest BCUT2D eigenvalue weighted by molar-refractivity contribution is 0.479. The Balaban J connectivity index is 1.88. The molecule has 18 heavy (non-hydrogen) atoms. The van der Waals surface area contributed by atoms with Crippen molar-refractivity contribution >= 4 is 17.3 Å². The van der Waals surface area contributed by atoms with Crippen molar-refractivity contribution in [3.8, 4) is 0 Å². The van der Waals surface area contributed by atoms with E-state index in [2.05, 4.69) is 36.2 Å². The molecule has 3 heteroatoms. The van der Waals surface area contributed by atoms with Crippen LogP contribution in [0.5, 0.6) is 0 Å². The summed E-state index contributed by atoms with van der Waals surface area (Å²) in [5, 5.41) is 4.49. The molecule has 1 aromatic rings. The van der Waals surface area contributed by atoms with E-state index in [1.807, 2.05) is 6.07 Å². The van der Waals surface area contributed by atoms with E-state index >= 15 is 0 Å². The predicted octanol–water partition coefficient (Wildman–Crippen LogP) is 3.23. The van der Waals surface area contributed by atoms with E-state index in [0.29, 0.717) is 11.5 Å². The van der Waals surface area contributed by atoms with Gasteiger partial charge in [0.25, 0.3) is 0 Å². The summed E-state index contributed by atoms with van der Waals surface area (Å²) in [5.41, 5.74) is 3.17. The Hall–Kier alpha value is -0.730. The third-order valence-electron chi connectivity index (χ3n) is 4.30. The number of hydrogen-bond donors (Lipinski definition) is 1. The Labute approximate surface area is 114 Å². The minimum Gasteiger partial charge on any atom is -0.369 e. The van der Waals surface area contributed by atoms with Crippen LogP contribution in [0.25, 0.3) is 0 Å². The lowest BCUT2D eigenvalue weighted by Gasteiger charge is -2.28. The number of nitrogens with zero attached hydrogens (tertiary/aromatic N) is 1. The van der Waals surface area contributed by atoms with Gasteiger partial charge in [-0.15, -0.1) is 0 Å². The summed E-state index contributed by atoms with van der Waals surface area (Å²) in [6.45, 7) is 7.89. The number of benzene rings is 1. The van der Waals surface area contributed by atoms with Gasteiger partial charge in [-0.1, -0.05) is 11.6 Å². The lowest BCUT2D eigenvalue weighted by atomic mass is 10.1. The van der Waals surface area contributed by atoms with E-state index in [4.69, 9.17) is 11.6 Å². The summed E-state index contributed by atoms with van der Waals surface area (Å²) in [5.74, 6) is 0. The molecular formula is C15H21ClN2. The van der Waals surface area contributed by atoms with Crippen LogP contribution < -0.4 is 10.2 Å². The number of anilines is 1. The molecule has 1 spiro atoms. The largest absolute Gasteiger partial charge is 0.369 e. The molecule has 1 aliphatic heterocycles. The molecule has 2 nitrogen and oxygen atoms in total. The normalized spacial score (nSPS) is 26.2. The second-order valence-electron chi connectivity index (χ2n) is 6.09. The van der Waals surface area contributed by atoms with Gasteiger partial charge in [-0.05, 0) is 50.5 Å². The summed E-state index contributed by atoms with van der Waals surface area (Å²) in [6.07, 6.45) is 2.74. The Morgan fingerprint density at radius 2 is 2.17 bits per heavy atom. The lowest BCUT2D eigenvalue weighted by Crippen LogP contribution is -2.35. The third-order valence-corrected chi connectivity index (χ3v) is 4.54. The molecule has 2 aliphatic rings. The maximum atomic E-state index is 6.05.